The van der Waals surface area contributed by atoms with Crippen molar-refractivity contribution in [1.82, 2.24) is 19.8 Å². The van der Waals surface area contributed by atoms with E-state index >= 15 is 0 Å². The number of rotatable bonds is 12. The summed E-state index contributed by atoms with van der Waals surface area (Å²) in [5.74, 6) is 1.15. The van der Waals surface area contributed by atoms with E-state index in [1.54, 1.807) is 6.07 Å². The largest absolute Gasteiger partial charge is 0.482 e. The number of benzene rings is 2. The molecule has 0 aliphatic heterocycles. The minimum Gasteiger partial charge on any atom is -0.482 e. The Morgan fingerprint density at radius 3 is 2.56 bits per heavy atom. The van der Waals surface area contributed by atoms with Crippen molar-refractivity contribution in [2.45, 2.75) is 19.5 Å². The van der Waals surface area contributed by atoms with Crippen LogP contribution in [0.15, 0.2) is 48.5 Å². The Kier molecular flexibility index (Phi) is 8.35. The second kappa shape index (κ2) is 11.4. The predicted octanol–water partition coefficient (Wildman–Crippen LogP) is 3.09. The Labute approximate surface area is 188 Å². The number of aliphatic carboxylic acids is 1. The maximum absolute atomic E-state index is 10.9. The third-order valence-corrected chi connectivity index (χ3v) is 4.90. The molecule has 8 nitrogen and oxygen atoms in total. The zero-order chi connectivity index (χ0) is 22.9. The highest BCUT2D eigenvalue weighted by atomic mass is 16.5. The lowest BCUT2D eigenvalue weighted by atomic mass is 10.2. The first kappa shape index (κ1) is 23.4. The van der Waals surface area contributed by atoms with E-state index in [9.17, 15) is 4.79 Å². The van der Waals surface area contributed by atoms with E-state index in [1.807, 2.05) is 49.5 Å². The van der Waals surface area contributed by atoms with Gasteiger partial charge in [0.25, 0.3) is 0 Å². The van der Waals surface area contributed by atoms with Gasteiger partial charge in [-0.3, -0.25) is 4.90 Å². The summed E-state index contributed by atoms with van der Waals surface area (Å²) in [5.41, 5.74) is 1.82. The Bertz CT molecular complexity index is 1040. The number of carbonyl (C=O) groups is 1. The second-order valence-electron chi connectivity index (χ2n) is 8.05. The molecule has 0 aliphatic rings. The van der Waals surface area contributed by atoms with Gasteiger partial charge in [-0.05, 0) is 52.3 Å². The van der Waals surface area contributed by atoms with Crippen molar-refractivity contribution in [2.24, 2.45) is 0 Å². The van der Waals surface area contributed by atoms with Crippen molar-refractivity contribution in [2.75, 3.05) is 46.2 Å². The molecule has 170 valence electrons. The number of nitrogens with zero attached hydrogens (tertiary/aromatic N) is 4. The van der Waals surface area contributed by atoms with Crippen LogP contribution in [-0.2, 0) is 17.9 Å². The number of para-hydroxylation sites is 2. The normalized spacial score (nSPS) is 11.3. The van der Waals surface area contributed by atoms with Gasteiger partial charge in [0.2, 0.25) is 0 Å². The number of hydrogen-bond donors (Lipinski definition) is 2. The average Bonchev–Trinajstić information content (AvgIpc) is 2.75. The van der Waals surface area contributed by atoms with Crippen LogP contribution in [0, 0.1) is 0 Å². The quantitative estimate of drug-likeness (QED) is 0.418. The van der Waals surface area contributed by atoms with Gasteiger partial charge in [0.05, 0.1) is 12.1 Å². The molecule has 0 saturated heterocycles. The van der Waals surface area contributed by atoms with E-state index in [4.69, 9.17) is 19.8 Å². The third-order valence-electron chi connectivity index (χ3n) is 4.90. The summed E-state index contributed by atoms with van der Waals surface area (Å²) >= 11 is 0. The summed E-state index contributed by atoms with van der Waals surface area (Å²) in [6.07, 6.45) is 1.02. The Hall–Kier alpha value is -3.23. The van der Waals surface area contributed by atoms with Crippen molar-refractivity contribution in [3.8, 4) is 5.75 Å². The molecule has 0 spiro atoms. The zero-order valence-corrected chi connectivity index (χ0v) is 18.9. The molecule has 0 saturated carbocycles. The summed E-state index contributed by atoms with van der Waals surface area (Å²) < 4.78 is 5.43. The van der Waals surface area contributed by atoms with Gasteiger partial charge in [0.1, 0.15) is 17.4 Å². The van der Waals surface area contributed by atoms with Crippen LogP contribution >= 0.6 is 0 Å². The molecule has 2 N–H and O–H groups in total. The maximum Gasteiger partial charge on any atom is 0.341 e. The van der Waals surface area contributed by atoms with Gasteiger partial charge in [0.15, 0.2) is 6.61 Å². The van der Waals surface area contributed by atoms with Crippen molar-refractivity contribution >= 4 is 22.7 Å². The molecule has 8 heteroatoms. The van der Waals surface area contributed by atoms with Gasteiger partial charge in [0, 0.05) is 24.0 Å². The molecule has 0 bridgehead atoms. The Morgan fingerprint density at radius 2 is 1.78 bits per heavy atom. The van der Waals surface area contributed by atoms with Gasteiger partial charge in [-0.2, -0.15) is 0 Å². The van der Waals surface area contributed by atoms with E-state index in [0.29, 0.717) is 18.8 Å². The molecule has 0 aliphatic carbocycles. The Morgan fingerprint density at radius 1 is 1.03 bits per heavy atom. The summed E-state index contributed by atoms with van der Waals surface area (Å²) in [6, 6.07) is 15.5. The van der Waals surface area contributed by atoms with Crippen molar-refractivity contribution < 1.29 is 14.6 Å². The minimum absolute atomic E-state index is 0.364. The lowest BCUT2D eigenvalue weighted by Crippen LogP contribution is -2.21. The second-order valence-corrected chi connectivity index (χ2v) is 8.05. The zero-order valence-electron chi connectivity index (χ0n) is 18.9. The van der Waals surface area contributed by atoms with E-state index < -0.39 is 5.97 Å². The molecule has 0 atom stereocenters. The average molecular weight is 438 g/mol. The standard InChI is InChI=1S/C24H31N5O3/c1-28(2)14-8-13-25-24-19-10-5-6-11-20(19)26-22(27-24)16-29(3)15-18-9-4-7-12-21(18)32-17-23(30)31/h4-7,9-12H,8,13-17H2,1-3H3,(H,30,31)(H,25,26,27). The van der Waals surface area contributed by atoms with Crippen LogP contribution in [0.2, 0.25) is 0 Å². The number of aromatic nitrogens is 2. The Balaban J connectivity index is 1.72. The molecule has 1 heterocycles. The topological polar surface area (TPSA) is 90.8 Å². The van der Waals surface area contributed by atoms with Crippen LogP contribution in [0.3, 0.4) is 0 Å². The van der Waals surface area contributed by atoms with Gasteiger partial charge in [-0.1, -0.05) is 30.3 Å². The highest BCUT2D eigenvalue weighted by molar-refractivity contribution is 5.88. The molecule has 0 amide bonds. The number of carboxylic acid groups (broad SMARTS) is 1. The predicted molar refractivity (Wildman–Crippen MR) is 126 cm³/mol. The van der Waals surface area contributed by atoms with Crippen LogP contribution < -0.4 is 10.1 Å². The first-order valence-electron chi connectivity index (χ1n) is 10.7. The van der Waals surface area contributed by atoms with Crippen molar-refractivity contribution in [1.29, 1.82) is 0 Å². The minimum atomic E-state index is -0.997. The van der Waals surface area contributed by atoms with Crippen LogP contribution in [0.1, 0.15) is 17.8 Å². The summed E-state index contributed by atoms with van der Waals surface area (Å²) in [7, 11) is 6.12. The van der Waals surface area contributed by atoms with Gasteiger partial charge in [-0.15, -0.1) is 0 Å². The van der Waals surface area contributed by atoms with E-state index in [1.165, 1.54) is 0 Å². The summed E-state index contributed by atoms with van der Waals surface area (Å²) in [4.78, 5) is 24.6. The first-order valence-corrected chi connectivity index (χ1v) is 10.7. The number of carboxylic acids is 1. The molecule has 0 radical (unpaired) electrons. The molecule has 32 heavy (non-hydrogen) atoms. The fourth-order valence-corrected chi connectivity index (χ4v) is 3.44. The molecule has 3 rings (SSSR count). The number of ether oxygens (including phenoxy) is 1. The first-order chi connectivity index (χ1) is 15.4. The molecule has 1 aromatic heterocycles. The van der Waals surface area contributed by atoms with Gasteiger partial charge >= 0.3 is 5.97 Å². The number of fused-ring (bicyclic) bond motifs is 1. The SMILES string of the molecule is CN(C)CCCNc1nc(CN(C)Cc2ccccc2OCC(=O)O)nc2ccccc12. The third kappa shape index (κ3) is 6.90. The molecule has 3 aromatic rings. The molecule has 2 aromatic carbocycles. The number of anilines is 1. The van der Waals surface area contributed by atoms with E-state index in [0.717, 1.165) is 47.6 Å². The summed E-state index contributed by atoms with van der Waals surface area (Å²) in [6.45, 7) is 2.61. The fourth-order valence-electron chi connectivity index (χ4n) is 3.44. The number of hydrogen-bond acceptors (Lipinski definition) is 7. The lowest BCUT2D eigenvalue weighted by Gasteiger charge is -2.19. The highest BCUT2D eigenvalue weighted by Gasteiger charge is 2.12. The molecule has 0 fully saturated rings. The summed E-state index contributed by atoms with van der Waals surface area (Å²) in [5, 5.41) is 13.4. The molecular weight excluding hydrogens is 406 g/mol. The maximum atomic E-state index is 10.9. The smallest absolute Gasteiger partial charge is 0.341 e. The van der Waals surface area contributed by atoms with Crippen LogP contribution in [0.4, 0.5) is 5.82 Å². The van der Waals surface area contributed by atoms with Crippen LogP contribution in [0.25, 0.3) is 10.9 Å². The van der Waals surface area contributed by atoms with Crippen LogP contribution in [0.5, 0.6) is 5.75 Å². The van der Waals surface area contributed by atoms with Crippen LogP contribution in [-0.4, -0.2) is 71.7 Å². The van der Waals surface area contributed by atoms with Gasteiger partial charge in [-0.25, -0.2) is 14.8 Å². The van der Waals surface area contributed by atoms with Crippen molar-refractivity contribution in [3.05, 3.63) is 59.9 Å². The monoisotopic (exact) mass is 437 g/mol. The van der Waals surface area contributed by atoms with E-state index in [2.05, 4.69) is 29.2 Å². The molecule has 0 unspecified atom stereocenters. The number of nitrogens with one attached hydrogen (secondary N) is 1. The fraction of sp³-hybridized carbons (Fsp3) is 0.375. The highest BCUT2D eigenvalue weighted by Crippen LogP contribution is 2.22. The van der Waals surface area contributed by atoms with Gasteiger partial charge < -0.3 is 20.1 Å². The molecular formula is C24H31N5O3. The van der Waals surface area contributed by atoms with Crippen molar-refractivity contribution in [3.63, 3.8) is 0 Å². The van der Waals surface area contributed by atoms with E-state index in [-0.39, 0.29) is 6.61 Å². The lowest BCUT2D eigenvalue weighted by molar-refractivity contribution is -0.139.